The van der Waals surface area contributed by atoms with Gasteiger partial charge in [0.15, 0.2) is 0 Å². The fourth-order valence-electron chi connectivity index (χ4n) is 2.37. The number of carbonyl (C=O) groups is 2. The van der Waals surface area contributed by atoms with E-state index in [9.17, 15) is 27.7 Å². The zero-order chi connectivity index (χ0) is 18.4. The van der Waals surface area contributed by atoms with E-state index < -0.39 is 40.2 Å². The van der Waals surface area contributed by atoms with E-state index in [0.717, 1.165) is 19.3 Å². The quantitative estimate of drug-likeness (QED) is 0.199. The van der Waals surface area contributed by atoms with Gasteiger partial charge in [0.1, 0.15) is 0 Å². The van der Waals surface area contributed by atoms with Crippen molar-refractivity contribution in [2.45, 2.75) is 83.6 Å². The third kappa shape index (κ3) is 18.4. The molecule has 7 nitrogen and oxygen atoms in total. The maximum absolute atomic E-state index is 11.7. The number of hydrogen-bond donors (Lipinski definition) is 1. The van der Waals surface area contributed by atoms with Gasteiger partial charge in [0, 0.05) is 12.2 Å². The number of carbonyl (C=O) groups excluding carboxylic acids is 2. The zero-order valence-corrected chi connectivity index (χ0v) is 18.2. The van der Waals surface area contributed by atoms with E-state index in [-0.39, 0.29) is 36.0 Å². The van der Waals surface area contributed by atoms with Crippen LogP contribution in [0.15, 0.2) is 0 Å². The van der Waals surface area contributed by atoms with Crippen LogP contribution in [0.25, 0.3) is 0 Å². The van der Waals surface area contributed by atoms with Gasteiger partial charge in [-0.1, -0.05) is 58.3 Å². The molecule has 142 valence electrons. The first-order valence-electron chi connectivity index (χ1n) is 8.70. The van der Waals surface area contributed by atoms with Crippen LogP contribution in [-0.2, 0) is 19.7 Å². The minimum Gasteiger partial charge on any atom is -0.748 e. The number of unbranched alkanes of at least 4 members (excludes halogenated alkanes) is 8. The molecular formula is C16H29NNaO6S-. The van der Waals surface area contributed by atoms with E-state index in [0.29, 0.717) is 6.42 Å². The molecule has 0 aliphatic rings. The van der Waals surface area contributed by atoms with Gasteiger partial charge in [0.2, 0.25) is 5.91 Å². The van der Waals surface area contributed by atoms with Crippen molar-refractivity contribution in [1.82, 2.24) is 5.32 Å². The zero-order valence-electron chi connectivity index (χ0n) is 15.4. The molecule has 0 bridgehead atoms. The van der Waals surface area contributed by atoms with Gasteiger partial charge in [-0.05, 0) is 12.8 Å². The van der Waals surface area contributed by atoms with Gasteiger partial charge in [-0.15, -0.1) is 0 Å². The number of aliphatic carboxylic acids is 1. The number of hydrogen-bond acceptors (Lipinski definition) is 6. The predicted octanol–water partition coefficient (Wildman–Crippen LogP) is -1.92. The molecule has 0 aliphatic heterocycles. The van der Waals surface area contributed by atoms with Gasteiger partial charge in [0.25, 0.3) is 0 Å². The van der Waals surface area contributed by atoms with Crippen molar-refractivity contribution in [3.63, 3.8) is 0 Å². The Morgan fingerprint density at radius 2 is 1.44 bits per heavy atom. The molecule has 0 heterocycles. The Morgan fingerprint density at radius 3 is 1.88 bits per heavy atom. The average molecular weight is 386 g/mol. The minimum absolute atomic E-state index is 0. The predicted molar refractivity (Wildman–Crippen MR) is 88.0 cm³/mol. The summed E-state index contributed by atoms with van der Waals surface area (Å²) in [6.45, 7) is 2.18. The van der Waals surface area contributed by atoms with Crippen LogP contribution in [0.3, 0.4) is 0 Å². The number of carboxylic acids is 1. The Balaban J connectivity index is 0. The molecular weight excluding hydrogens is 357 g/mol. The third-order valence-electron chi connectivity index (χ3n) is 3.78. The molecule has 0 fully saturated rings. The first-order chi connectivity index (χ1) is 11.3. The third-order valence-corrected chi connectivity index (χ3v) is 4.52. The Hall–Kier alpha value is -0.150. The molecule has 0 spiro atoms. The summed E-state index contributed by atoms with van der Waals surface area (Å²) in [6.07, 6.45) is 9.63. The van der Waals surface area contributed by atoms with Crippen molar-refractivity contribution in [3.8, 4) is 0 Å². The SMILES string of the molecule is CCCCCCCCCCCC(=O)NC(CCS(=O)(=O)[O-])C(=O)[O-].[Na+]. The summed E-state index contributed by atoms with van der Waals surface area (Å²) in [7, 11) is -4.52. The number of amides is 1. The van der Waals surface area contributed by atoms with Gasteiger partial charge in [0.05, 0.1) is 22.1 Å². The topological polar surface area (TPSA) is 126 Å². The fourth-order valence-corrected chi connectivity index (χ4v) is 2.90. The van der Waals surface area contributed by atoms with E-state index in [4.69, 9.17) is 0 Å². The van der Waals surface area contributed by atoms with Crippen LogP contribution in [0.2, 0.25) is 0 Å². The van der Waals surface area contributed by atoms with Gasteiger partial charge in [-0.2, -0.15) is 0 Å². The summed E-state index contributed by atoms with van der Waals surface area (Å²) in [4.78, 5) is 22.5. The molecule has 9 heteroatoms. The molecule has 0 aromatic heterocycles. The van der Waals surface area contributed by atoms with E-state index in [1.54, 1.807) is 0 Å². The van der Waals surface area contributed by atoms with Gasteiger partial charge in [-0.3, -0.25) is 4.79 Å². The second-order valence-electron chi connectivity index (χ2n) is 6.07. The first kappa shape index (κ1) is 27.1. The standard InChI is InChI=1S/C16H31NO6S.Na/c1-2-3-4-5-6-7-8-9-10-11-15(18)17-14(16(19)20)12-13-24(21,22)23;/h14H,2-13H2,1H3,(H,17,18)(H,19,20)(H,21,22,23);/q;+1/p-2. The average Bonchev–Trinajstić information content (AvgIpc) is 2.48. The molecule has 1 unspecified atom stereocenters. The Morgan fingerprint density at radius 1 is 0.960 bits per heavy atom. The van der Waals surface area contributed by atoms with Gasteiger partial charge in [-0.25, -0.2) is 8.42 Å². The van der Waals surface area contributed by atoms with E-state index >= 15 is 0 Å². The van der Waals surface area contributed by atoms with Crippen LogP contribution in [0, 0.1) is 0 Å². The molecule has 1 N–H and O–H groups in total. The van der Waals surface area contributed by atoms with Crippen molar-refractivity contribution in [2.24, 2.45) is 0 Å². The maximum atomic E-state index is 11.7. The van der Waals surface area contributed by atoms with Crippen molar-refractivity contribution in [3.05, 3.63) is 0 Å². The first-order valence-corrected chi connectivity index (χ1v) is 10.3. The van der Waals surface area contributed by atoms with Crippen molar-refractivity contribution < 1.29 is 57.2 Å². The number of nitrogens with one attached hydrogen (secondary N) is 1. The summed E-state index contributed by atoms with van der Waals surface area (Å²) < 4.78 is 31.6. The summed E-state index contributed by atoms with van der Waals surface area (Å²) in [5, 5.41) is 13.1. The van der Waals surface area contributed by atoms with Crippen molar-refractivity contribution >= 4 is 22.0 Å². The molecule has 0 radical (unpaired) electrons. The second-order valence-corrected chi connectivity index (χ2v) is 7.59. The number of rotatable bonds is 15. The van der Waals surface area contributed by atoms with Gasteiger partial charge >= 0.3 is 29.6 Å². The molecule has 1 atom stereocenters. The van der Waals surface area contributed by atoms with Crippen LogP contribution in [0.4, 0.5) is 0 Å². The summed E-state index contributed by atoms with van der Waals surface area (Å²) in [5.41, 5.74) is 0. The van der Waals surface area contributed by atoms with Crippen molar-refractivity contribution in [1.29, 1.82) is 0 Å². The van der Waals surface area contributed by atoms with Crippen LogP contribution in [-0.4, -0.2) is 36.6 Å². The molecule has 0 aromatic rings. The normalized spacial score (nSPS) is 12.2. The van der Waals surface area contributed by atoms with Crippen LogP contribution in [0.5, 0.6) is 0 Å². The summed E-state index contributed by atoms with van der Waals surface area (Å²) >= 11 is 0. The smallest absolute Gasteiger partial charge is 0.748 e. The summed E-state index contributed by atoms with van der Waals surface area (Å²) in [5.74, 6) is -2.89. The molecule has 0 saturated carbocycles. The molecule has 0 aliphatic carbocycles. The van der Waals surface area contributed by atoms with Gasteiger partial charge < -0.3 is 19.8 Å². The Bertz CT molecular complexity index is 469. The largest absolute Gasteiger partial charge is 1.00 e. The Labute approximate surface area is 173 Å². The molecule has 0 saturated heterocycles. The van der Waals surface area contributed by atoms with Crippen molar-refractivity contribution in [2.75, 3.05) is 5.75 Å². The monoisotopic (exact) mass is 386 g/mol. The van der Waals surface area contributed by atoms with E-state index in [1.807, 2.05) is 0 Å². The maximum Gasteiger partial charge on any atom is 1.00 e. The van der Waals surface area contributed by atoms with Crippen LogP contribution in [0.1, 0.15) is 77.6 Å². The Kier molecular flexibility index (Phi) is 17.4. The molecule has 0 aromatic carbocycles. The summed E-state index contributed by atoms with van der Waals surface area (Å²) in [6, 6.07) is -1.44. The van der Waals surface area contributed by atoms with E-state index in [2.05, 4.69) is 12.2 Å². The minimum atomic E-state index is -4.52. The fraction of sp³-hybridized carbons (Fsp3) is 0.875. The molecule has 1 amide bonds. The van der Waals surface area contributed by atoms with E-state index in [1.165, 1.54) is 32.1 Å². The number of carboxylic acid groups (broad SMARTS) is 1. The molecule has 0 rings (SSSR count). The van der Waals surface area contributed by atoms with Crippen LogP contribution >= 0.6 is 0 Å². The van der Waals surface area contributed by atoms with Crippen LogP contribution < -0.4 is 40.0 Å². The second kappa shape index (κ2) is 16.1. The molecule has 25 heavy (non-hydrogen) atoms.